The van der Waals surface area contributed by atoms with Crippen LogP contribution in [0.5, 0.6) is 0 Å². The van der Waals surface area contributed by atoms with Crippen LogP contribution in [0.15, 0.2) is 18.3 Å². The average Bonchev–Trinajstić information content (AvgIpc) is 2.69. The third kappa shape index (κ3) is 3.53. The average molecular weight is 248 g/mol. The first-order chi connectivity index (χ1) is 8.61. The minimum absolute atomic E-state index is 0.0614. The second-order valence-corrected chi connectivity index (χ2v) is 5.63. The topological polar surface area (TPSA) is 34.2 Å². The van der Waals surface area contributed by atoms with Crippen LogP contribution in [0.1, 0.15) is 44.9 Å². The molecule has 1 saturated heterocycles. The van der Waals surface area contributed by atoms with Gasteiger partial charge in [0.05, 0.1) is 17.4 Å². The van der Waals surface area contributed by atoms with Crippen molar-refractivity contribution in [3.8, 4) is 0 Å². The van der Waals surface area contributed by atoms with Gasteiger partial charge in [-0.1, -0.05) is 13.0 Å². The molecule has 3 heteroatoms. The van der Waals surface area contributed by atoms with E-state index >= 15 is 0 Å². The number of aryl methyl sites for hydroxylation is 1. The summed E-state index contributed by atoms with van der Waals surface area (Å²) in [6.07, 6.45) is 5.57. The highest BCUT2D eigenvalue weighted by molar-refractivity contribution is 5.19. The summed E-state index contributed by atoms with van der Waals surface area (Å²) in [6, 6.07) is 4.16. The lowest BCUT2D eigenvalue weighted by Gasteiger charge is -2.19. The summed E-state index contributed by atoms with van der Waals surface area (Å²) in [5, 5.41) is 3.47. The molecule has 1 fully saturated rings. The quantitative estimate of drug-likeness (QED) is 0.870. The Morgan fingerprint density at radius 1 is 1.50 bits per heavy atom. The summed E-state index contributed by atoms with van der Waals surface area (Å²) in [7, 11) is 0. The molecule has 3 nitrogen and oxygen atoms in total. The zero-order valence-electron chi connectivity index (χ0n) is 11.7. The molecule has 100 valence electrons. The van der Waals surface area contributed by atoms with E-state index < -0.39 is 0 Å². The van der Waals surface area contributed by atoms with E-state index in [0.717, 1.165) is 38.0 Å². The van der Waals surface area contributed by atoms with E-state index in [1.165, 1.54) is 5.56 Å². The van der Waals surface area contributed by atoms with Gasteiger partial charge in [0.2, 0.25) is 0 Å². The van der Waals surface area contributed by atoms with Crippen LogP contribution in [0.4, 0.5) is 0 Å². The molecule has 0 aliphatic carbocycles. The maximum atomic E-state index is 5.96. The van der Waals surface area contributed by atoms with Gasteiger partial charge in [-0.2, -0.15) is 0 Å². The normalized spacial score (nSPS) is 22.3. The molecule has 18 heavy (non-hydrogen) atoms. The van der Waals surface area contributed by atoms with Crippen molar-refractivity contribution in [2.24, 2.45) is 0 Å². The molecule has 0 radical (unpaired) electrons. The number of ether oxygens (including phenoxy) is 1. The molecule has 2 heterocycles. The predicted octanol–water partition coefficient (Wildman–Crippen LogP) is 2.69. The second kappa shape index (κ2) is 5.81. The molecule has 0 saturated carbocycles. The molecule has 0 amide bonds. The monoisotopic (exact) mass is 248 g/mol. The Balaban J connectivity index is 1.79. The van der Waals surface area contributed by atoms with Gasteiger partial charge < -0.3 is 10.1 Å². The summed E-state index contributed by atoms with van der Waals surface area (Å²) in [4.78, 5) is 4.44. The predicted molar refractivity (Wildman–Crippen MR) is 73.5 cm³/mol. The Morgan fingerprint density at radius 3 is 3.00 bits per heavy atom. The third-order valence-corrected chi connectivity index (χ3v) is 3.58. The first kappa shape index (κ1) is 13.5. The molecule has 0 spiro atoms. The maximum Gasteiger partial charge on any atom is 0.0707 e. The lowest BCUT2D eigenvalue weighted by molar-refractivity contribution is -0.0143. The van der Waals surface area contributed by atoms with E-state index in [4.69, 9.17) is 4.74 Å². The van der Waals surface area contributed by atoms with Gasteiger partial charge in [0.15, 0.2) is 0 Å². The first-order valence-electron chi connectivity index (χ1n) is 6.92. The highest BCUT2D eigenvalue weighted by atomic mass is 16.5. The van der Waals surface area contributed by atoms with Crippen LogP contribution in [-0.2, 0) is 17.7 Å². The Bertz CT molecular complexity index is 390. The second-order valence-electron chi connectivity index (χ2n) is 5.63. The van der Waals surface area contributed by atoms with E-state index in [-0.39, 0.29) is 5.60 Å². The Labute approximate surface area is 110 Å². The van der Waals surface area contributed by atoms with Crippen LogP contribution in [0, 0.1) is 0 Å². The molecule has 1 N–H and O–H groups in total. The van der Waals surface area contributed by atoms with Gasteiger partial charge in [-0.25, -0.2) is 0 Å². The smallest absolute Gasteiger partial charge is 0.0707 e. The molecule has 1 atom stereocenters. The summed E-state index contributed by atoms with van der Waals surface area (Å²) in [6.45, 7) is 8.26. The minimum Gasteiger partial charge on any atom is -0.371 e. The van der Waals surface area contributed by atoms with Crippen LogP contribution < -0.4 is 5.32 Å². The number of aromatic nitrogens is 1. The molecule has 1 aromatic rings. The Kier molecular flexibility index (Phi) is 4.36. The van der Waals surface area contributed by atoms with Crippen molar-refractivity contribution in [1.82, 2.24) is 10.3 Å². The number of rotatable bonds is 5. The number of nitrogens with one attached hydrogen (secondary N) is 1. The molecule has 1 aliphatic rings. The fourth-order valence-electron chi connectivity index (χ4n) is 2.53. The van der Waals surface area contributed by atoms with E-state index in [1.54, 1.807) is 0 Å². The van der Waals surface area contributed by atoms with Crippen molar-refractivity contribution in [2.75, 3.05) is 6.54 Å². The molecular formula is C15H24N2O. The van der Waals surface area contributed by atoms with Crippen molar-refractivity contribution in [3.63, 3.8) is 0 Å². The van der Waals surface area contributed by atoms with Gasteiger partial charge >= 0.3 is 0 Å². The van der Waals surface area contributed by atoms with Crippen molar-refractivity contribution in [3.05, 3.63) is 29.6 Å². The minimum atomic E-state index is 0.0614. The van der Waals surface area contributed by atoms with Crippen LogP contribution in [0.3, 0.4) is 0 Å². The van der Waals surface area contributed by atoms with Crippen LogP contribution in [0.25, 0.3) is 0 Å². The van der Waals surface area contributed by atoms with Gasteiger partial charge in [-0.15, -0.1) is 0 Å². The lowest BCUT2D eigenvalue weighted by Crippen LogP contribution is -2.29. The van der Waals surface area contributed by atoms with Gasteiger partial charge in [-0.3, -0.25) is 4.98 Å². The Morgan fingerprint density at radius 2 is 2.33 bits per heavy atom. The SMILES string of the molecule is CCc1cccnc1CNCC1CCC(C)(C)O1. The number of pyridine rings is 1. The van der Waals surface area contributed by atoms with Gasteiger partial charge in [0.1, 0.15) is 0 Å². The first-order valence-corrected chi connectivity index (χ1v) is 6.92. The summed E-state index contributed by atoms with van der Waals surface area (Å²) < 4.78 is 5.96. The molecule has 1 aromatic heterocycles. The highest BCUT2D eigenvalue weighted by Crippen LogP contribution is 2.28. The van der Waals surface area contributed by atoms with Crippen molar-refractivity contribution >= 4 is 0 Å². The lowest BCUT2D eigenvalue weighted by atomic mass is 10.1. The fraction of sp³-hybridized carbons (Fsp3) is 0.667. The van der Waals surface area contributed by atoms with Gasteiger partial charge in [-0.05, 0) is 44.7 Å². The van der Waals surface area contributed by atoms with Gasteiger partial charge in [0, 0.05) is 19.3 Å². The van der Waals surface area contributed by atoms with E-state index in [2.05, 4.69) is 37.1 Å². The number of nitrogens with zero attached hydrogens (tertiary/aromatic N) is 1. The fourth-order valence-corrected chi connectivity index (χ4v) is 2.53. The van der Waals surface area contributed by atoms with E-state index in [1.807, 2.05) is 12.3 Å². The maximum absolute atomic E-state index is 5.96. The van der Waals surface area contributed by atoms with Gasteiger partial charge in [0.25, 0.3) is 0 Å². The zero-order chi connectivity index (χ0) is 13.0. The highest BCUT2D eigenvalue weighted by Gasteiger charge is 2.31. The molecular weight excluding hydrogens is 224 g/mol. The number of hydrogen-bond donors (Lipinski definition) is 1. The molecule has 0 aromatic carbocycles. The van der Waals surface area contributed by atoms with Crippen LogP contribution >= 0.6 is 0 Å². The van der Waals surface area contributed by atoms with Crippen LogP contribution in [-0.4, -0.2) is 23.2 Å². The largest absolute Gasteiger partial charge is 0.371 e. The Hall–Kier alpha value is -0.930. The summed E-state index contributed by atoms with van der Waals surface area (Å²) in [5.74, 6) is 0. The van der Waals surface area contributed by atoms with Crippen molar-refractivity contribution in [1.29, 1.82) is 0 Å². The van der Waals surface area contributed by atoms with Crippen molar-refractivity contribution < 1.29 is 4.74 Å². The van der Waals surface area contributed by atoms with Crippen molar-refractivity contribution in [2.45, 2.75) is 58.3 Å². The van der Waals surface area contributed by atoms with E-state index in [0.29, 0.717) is 6.10 Å². The zero-order valence-corrected chi connectivity index (χ0v) is 11.7. The number of hydrogen-bond acceptors (Lipinski definition) is 3. The molecule has 2 rings (SSSR count). The summed E-state index contributed by atoms with van der Waals surface area (Å²) >= 11 is 0. The molecule has 1 aliphatic heterocycles. The van der Waals surface area contributed by atoms with E-state index in [9.17, 15) is 0 Å². The standard InChI is InChI=1S/C15H24N2O/c1-4-12-6-5-9-17-14(12)11-16-10-13-7-8-15(2,3)18-13/h5-6,9,13,16H,4,7-8,10-11H2,1-3H3. The third-order valence-electron chi connectivity index (χ3n) is 3.58. The molecule has 1 unspecified atom stereocenters. The summed E-state index contributed by atoms with van der Waals surface area (Å²) in [5.41, 5.74) is 2.56. The van der Waals surface area contributed by atoms with Crippen LogP contribution in [0.2, 0.25) is 0 Å². The molecule has 0 bridgehead atoms.